The van der Waals surface area contributed by atoms with Crippen LogP contribution in [0.2, 0.25) is 5.02 Å². The van der Waals surface area contributed by atoms with E-state index >= 15 is 0 Å². The van der Waals surface area contributed by atoms with E-state index < -0.39 is 0 Å². The smallest absolute Gasteiger partial charge is 0.254 e. The summed E-state index contributed by atoms with van der Waals surface area (Å²) in [5, 5.41) is 8.47. The van der Waals surface area contributed by atoms with Gasteiger partial charge in [-0.05, 0) is 44.0 Å². The minimum Gasteiger partial charge on any atom is -0.497 e. The molecule has 7 nitrogen and oxygen atoms in total. The normalized spacial score (nSPS) is 16.5. The molecule has 1 aliphatic rings. The molecule has 0 bridgehead atoms. The van der Waals surface area contributed by atoms with Crippen LogP contribution in [0.1, 0.15) is 28.9 Å². The Morgan fingerprint density at radius 1 is 1.39 bits per heavy atom. The van der Waals surface area contributed by atoms with E-state index in [0.29, 0.717) is 33.9 Å². The second-order valence-corrected chi connectivity index (χ2v) is 7.10. The Morgan fingerprint density at radius 2 is 2.18 bits per heavy atom. The number of hydrogen-bond acceptors (Lipinski definition) is 5. The van der Waals surface area contributed by atoms with E-state index in [9.17, 15) is 4.79 Å². The summed E-state index contributed by atoms with van der Waals surface area (Å²) in [6, 6.07) is 7.49. The van der Waals surface area contributed by atoms with Crippen LogP contribution < -0.4 is 10.1 Å². The molecule has 8 heteroatoms. The number of halogens is 1. The number of amides is 1. The number of pyridine rings is 1. The number of carbonyl (C=O) groups is 1. The van der Waals surface area contributed by atoms with Gasteiger partial charge in [0.25, 0.3) is 5.91 Å². The number of aryl methyl sites for hydroxylation is 1. The Balaban J connectivity index is 1.65. The second-order valence-electron chi connectivity index (χ2n) is 6.72. The number of nitrogens with one attached hydrogen (secondary N) is 1. The topological polar surface area (TPSA) is 78.3 Å². The minimum atomic E-state index is -0.258. The molecule has 1 aromatic carbocycles. The Kier molecular flexibility index (Phi) is 5.19. The number of aromatic nitrogens is 3. The van der Waals surface area contributed by atoms with Gasteiger partial charge in [0, 0.05) is 19.3 Å². The van der Waals surface area contributed by atoms with Crippen LogP contribution in [0.15, 0.2) is 30.5 Å². The Morgan fingerprint density at radius 3 is 2.86 bits per heavy atom. The Labute approximate surface area is 167 Å². The average Bonchev–Trinajstić information content (AvgIpc) is 3.35. The van der Waals surface area contributed by atoms with Gasteiger partial charge in [-0.1, -0.05) is 11.6 Å². The molecule has 1 amide bonds. The molecular formula is C20H21ClN4O3. The predicted molar refractivity (Wildman–Crippen MR) is 106 cm³/mol. The zero-order valence-corrected chi connectivity index (χ0v) is 16.5. The highest BCUT2D eigenvalue weighted by Gasteiger charge is 2.21. The lowest BCUT2D eigenvalue weighted by Crippen LogP contribution is -2.32. The number of nitrogens with zero attached hydrogens (tertiary/aromatic N) is 3. The molecule has 1 aliphatic heterocycles. The summed E-state index contributed by atoms with van der Waals surface area (Å²) in [4.78, 5) is 17.1. The van der Waals surface area contributed by atoms with Crippen LogP contribution in [0.4, 0.5) is 0 Å². The molecular weight excluding hydrogens is 380 g/mol. The lowest BCUT2D eigenvalue weighted by Gasteiger charge is -2.11. The highest BCUT2D eigenvalue weighted by atomic mass is 35.5. The van der Waals surface area contributed by atoms with Crippen LogP contribution in [-0.2, 0) is 4.74 Å². The number of hydrogen-bond donors (Lipinski definition) is 1. The van der Waals surface area contributed by atoms with Crippen molar-refractivity contribution in [3.05, 3.63) is 46.7 Å². The minimum absolute atomic E-state index is 0.0685. The first-order valence-electron chi connectivity index (χ1n) is 9.16. The van der Waals surface area contributed by atoms with E-state index in [1.807, 2.05) is 31.2 Å². The Bertz CT molecular complexity index is 1010. The third kappa shape index (κ3) is 3.43. The zero-order valence-electron chi connectivity index (χ0n) is 15.7. The highest BCUT2D eigenvalue weighted by Crippen LogP contribution is 2.30. The predicted octanol–water partition coefficient (Wildman–Crippen LogP) is 3.30. The van der Waals surface area contributed by atoms with Crippen LogP contribution >= 0.6 is 11.6 Å². The summed E-state index contributed by atoms with van der Waals surface area (Å²) in [6.45, 7) is 3.07. The molecule has 4 rings (SSSR count). The van der Waals surface area contributed by atoms with Crippen LogP contribution in [0.25, 0.3) is 16.7 Å². The molecule has 28 heavy (non-hydrogen) atoms. The average molecular weight is 401 g/mol. The van der Waals surface area contributed by atoms with Crippen molar-refractivity contribution in [1.82, 2.24) is 20.1 Å². The SMILES string of the molecule is COc1ccc(-n2nc(C)c3c(Cl)c(C(=O)NC[C@@H]4CCCO4)cnc32)cc1. The van der Waals surface area contributed by atoms with E-state index in [4.69, 9.17) is 21.1 Å². The molecule has 0 unspecified atom stereocenters. The van der Waals surface area contributed by atoms with Crippen molar-refractivity contribution in [1.29, 1.82) is 0 Å². The number of carbonyl (C=O) groups excluding carboxylic acids is 1. The molecule has 3 heterocycles. The summed E-state index contributed by atoms with van der Waals surface area (Å²) in [5.74, 6) is 0.500. The molecule has 1 fully saturated rings. The number of rotatable bonds is 5. The third-order valence-electron chi connectivity index (χ3n) is 4.88. The van der Waals surface area contributed by atoms with Crippen molar-refractivity contribution >= 4 is 28.5 Å². The zero-order chi connectivity index (χ0) is 19.7. The number of benzene rings is 1. The quantitative estimate of drug-likeness (QED) is 0.711. The fourth-order valence-corrected chi connectivity index (χ4v) is 3.73. The van der Waals surface area contributed by atoms with Gasteiger partial charge >= 0.3 is 0 Å². The maximum absolute atomic E-state index is 12.6. The summed E-state index contributed by atoms with van der Waals surface area (Å²) in [6.07, 6.45) is 3.55. The monoisotopic (exact) mass is 400 g/mol. The van der Waals surface area contributed by atoms with Gasteiger partial charge in [0.05, 0.1) is 40.6 Å². The van der Waals surface area contributed by atoms with Crippen molar-refractivity contribution < 1.29 is 14.3 Å². The van der Waals surface area contributed by atoms with Crippen molar-refractivity contribution in [2.45, 2.75) is 25.9 Å². The van der Waals surface area contributed by atoms with Gasteiger partial charge in [-0.3, -0.25) is 4.79 Å². The fraction of sp³-hybridized carbons (Fsp3) is 0.350. The molecule has 0 aliphatic carbocycles. The van der Waals surface area contributed by atoms with Crippen molar-refractivity contribution in [3.63, 3.8) is 0 Å². The van der Waals surface area contributed by atoms with Crippen LogP contribution in [0, 0.1) is 6.92 Å². The first-order valence-corrected chi connectivity index (χ1v) is 9.54. The van der Waals surface area contributed by atoms with Gasteiger partial charge in [0.2, 0.25) is 0 Å². The molecule has 146 valence electrons. The first-order chi connectivity index (χ1) is 13.6. The molecule has 0 radical (unpaired) electrons. The van der Waals surface area contributed by atoms with Gasteiger partial charge in [-0.2, -0.15) is 5.10 Å². The molecule has 0 saturated carbocycles. The maximum Gasteiger partial charge on any atom is 0.254 e. The second kappa shape index (κ2) is 7.77. The summed E-state index contributed by atoms with van der Waals surface area (Å²) < 4.78 is 12.5. The van der Waals surface area contributed by atoms with Crippen LogP contribution in [0.5, 0.6) is 5.75 Å². The maximum atomic E-state index is 12.6. The highest BCUT2D eigenvalue weighted by molar-refractivity contribution is 6.38. The van der Waals surface area contributed by atoms with E-state index in [2.05, 4.69) is 15.4 Å². The third-order valence-corrected chi connectivity index (χ3v) is 5.28. The largest absolute Gasteiger partial charge is 0.497 e. The lowest BCUT2D eigenvalue weighted by molar-refractivity contribution is 0.0857. The van der Waals surface area contributed by atoms with E-state index in [0.717, 1.165) is 30.9 Å². The summed E-state index contributed by atoms with van der Waals surface area (Å²) in [5.41, 5.74) is 2.48. The molecule has 1 atom stereocenters. The van der Waals surface area contributed by atoms with E-state index in [1.54, 1.807) is 11.8 Å². The van der Waals surface area contributed by atoms with Gasteiger partial charge < -0.3 is 14.8 Å². The number of fused-ring (bicyclic) bond motifs is 1. The number of methoxy groups -OCH3 is 1. The van der Waals surface area contributed by atoms with Gasteiger partial charge in [0.15, 0.2) is 5.65 Å². The first kappa shape index (κ1) is 18.7. The molecule has 0 spiro atoms. The van der Waals surface area contributed by atoms with E-state index in [-0.39, 0.29) is 12.0 Å². The van der Waals surface area contributed by atoms with E-state index in [1.165, 1.54) is 6.20 Å². The molecule has 1 saturated heterocycles. The van der Waals surface area contributed by atoms with Gasteiger partial charge in [-0.15, -0.1) is 0 Å². The Hall–Kier alpha value is -2.64. The molecule has 3 aromatic rings. The summed E-state index contributed by atoms with van der Waals surface area (Å²) >= 11 is 6.58. The standard InChI is InChI=1S/C20H21ClN4O3/c1-12-17-18(21)16(20(26)23-10-15-4-3-9-28-15)11-22-19(17)25(24-12)13-5-7-14(27-2)8-6-13/h5-8,11,15H,3-4,9-10H2,1-2H3,(H,23,26)/t15-/m0/s1. The lowest BCUT2D eigenvalue weighted by atomic mass is 10.2. The van der Waals surface area contributed by atoms with Crippen LogP contribution in [0.3, 0.4) is 0 Å². The van der Waals surface area contributed by atoms with Crippen molar-refractivity contribution in [2.75, 3.05) is 20.3 Å². The van der Waals surface area contributed by atoms with Crippen molar-refractivity contribution in [3.8, 4) is 11.4 Å². The molecule has 2 aromatic heterocycles. The molecule has 1 N–H and O–H groups in total. The van der Waals surface area contributed by atoms with Crippen molar-refractivity contribution in [2.24, 2.45) is 0 Å². The van der Waals surface area contributed by atoms with Gasteiger partial charge in [0.1, 0.15) is 5.75 Å². The fourth-order valence-electron chi connectivity index (χ4n) is 3.38. The van der Waals surface area contributed by atoms with Crippen LogP contribution in [-0.4, -0.2) is 47.0 Å². The summed E-state index contributed by atoms with van der Waals surface area (Å²) in [7, 11) is 1.62. The van der Waals surface area contributed by atoms with Gasteiger partial charge in [-0.25, -0.2) is 9.67 Å². The number of ether oxygens (including phenoxy) is 2.